The Morgan fingerprint density at radius 1 is 1.19 bits per heavy atom. The molecule has 3 rings (SSSR count). The SMILES string of the molecule is CN=C(NCc1ccc(OC)c(OC(F)F)c1)NC1CCN(c2ccc(F)cc2F)C1.I. The van der Waals surface area contributed by atoms with Gasteiger partial charge in [0.1, 0.15) is 11.6 Å². The van der Waals surface area contributed by atoms with Gasteiger partial charge in [-0.3, -0.25) is 4.99 Å². The van der Waals surface area contributed by atoms with Gasteiger partial charge in [-0.05, 0) is 36.2 Å². The third-order valence-electron chi connectivity index (χ3n) is 4.91. The van der Waals surface area contributed by atoms with E-state index < -0.39 is 18.2 Å². The van der Waals surface area contributed by atoms with E-state index in [1.807, 2.05) is 4.90 Å². The summed E-state index contributed by atoms with van der Waals surface area (Å²) in [5.41, 5.74) is 1.05. The second kappa shape index (κ2) is 12.0. The molecule has 0 bridgehead atoms. The summed E-state index contributed by atoms with van der Waals surface area (Å²) in [7, 11) is 2.99. The monoisotopic (exact) mass is 568 g/mol. The van der Waals surface area contributed by atoms with Crippen molar-refractivity contribution in [2.75, 3.05) is 32.1 Å². The number of rotatable bonds is 7. The average Bonchev–Trinajstić information content (AvgIpc) is 3.19. The maximum atomic E-state index is 14.0. The van der Waals surface area contributed by atoms with Gasteiger partial charge in [0.2, 0.25) is 0 Å². The first-order chi connectivity index (χ1) is 14.9. The second-order valence-electron chi connectivity index (χ2n) is 6.96. The van der Waals surface area contributed by atoms with E-state index in [1.165, 1.54) is 25.3 Å². The van der Waals surface area contributed by atoms with Gasteiger partial charge in [0.25, 0.3) is 0 Å². The van der Waals surface area contributed by atoms with Gasteiger partial charge in [0.15, 0.2) is 17.5 Å². The molecule has 1 aliphatic rings. The lowest BCUT2D eigenvalue weighted by molar-refractivity contribution is -0.0512. The highest BCUT2D eigenvalue weighted by Gasteiger charge is 2.25. The van der Waals surface area contributed by atoms with Crippen LogP contribution >= 0.6 is 24.0 Å². The molecule has 1 aliphatic heterocycles. The highest BCUT2D eigenvalue weighted by molar-refractivity contribution is 14.0. The van der Waals surface area contributed by atoms with Crippen LogP contribution in [0.1, 0.15) is 12.0 Å². The molecule has 11 heteroatoms. The smallest absolute Gasteiger partial charge is 0.387 e. The molecule has 2 aromatic carbocycles. The highest BCUT2D eigenvalue weighted by Crippen LogP contribution is 2.29. The zero-order valence-electron chi connectivity index (χ0n) is 17.6. The molecule has 0 aliphatic carbocycles. The Bertz CT molecular complexity index is 933. The predicted molar refractivity (Wildman–Crippen MR) is 125 cm³/mol. The summed E-state index contributed by atoms with van der Waals surface area (Å²) < 4.78 is 61.9. The maximum absolute atomic E-state index is 14.0. The molecule has 0 spiro atoms. The van der Waals surface area contributed by atoms with Crippen LogP contribution in [0.5, 0.6) is 11.5 Å². The number of hydrogen-bond donors (Lipinski definition) is 2. The van der Waals surface area contributed by atoms with Gasteiger partial charge in [0.05, 0.1) is 12.8 Å². The minimum atomic E-state index is -2.96. The van der Waals surface area contributed by atoms with Crippen LogP contribution in [-0.2, 0) is 6.54 Å². The van der Waals surface area contributed by atoms with E-state index in [9.17, 15) is 17.6 Å². The van der Waals surface area contributed by atoms with E-state index in [2.05, 4.69) is 20.4 Å². The Morgan fingerprint density at radius 2 is 1.97 bits per heavy atom. The summed E-state index contributed by atoms with van der Waals surface area (Å²) in [6.45, 7) is -1.50. The number of anilines is 1. The number of ether oxygens (including phenoxy) is 2. The molecule has 0 amide bonds. The molecule has 32 heavy (non-hydrogen) atoms. The van der Waals surface area contributed by atoms with Gasteiger partial charge in [-0.2, -0.15) is 8.78 Å². The van der Waals surface area contributed by atoms with Crippen LogP contribution in [0.4, 0.5) is 23.2 Å². The molecule has 1 unspecified atom stereocenters. The Hall–Kier alpha value is -2.44. The molecule has 1 heterocycles. The van der Waals surface area contributed by atoms with E-state index in [-0.39, 0.29) is 41.5 Å². The molecule has 0 saturated carbocycles. The van der Waals surface area contributed by atoms with Crippen molar-refractivity contribution < 1.29 is 27.0 Å². The van der Waals surface area contributed by atoms with E-state index in [4.69, 9.17) is 4.74 Å². The molecular weight excluding hydrogens is 543 g/mol. The van der Waals surface area contributed by atoms with Crippen molar-refractivity contribution in [2.45, 2.75) is 25.6 Å². The lowest BCUT2D eigenvalue weighted by atomic mass is 10.2. The number of guanidine groups is 1. The number of aliphatic imine (C=N–C) groups is 1. The Morgan fingerprint density at radius 3 is 2.62 bits per heavy atom. The number of hydrogen-bond acceptors (Lipinski definition) is 4. The van der Waals surface area contributed by atoms with Crippen molar-refractivity contribution in [1.82, 2.24) is 10.6 Å². The topological polar surface area (TPSA) is 58.1 Å². The van der Waals surface area contributed by atoms with Gasteiger partial charge in [-0.25, -0.2) is 8.78 Å². The second-order valence-corrected chi connectivity index (χ2v) is 6.96. The van der Waals surface area contributed by atoms with Gasteiger partial charge < -0.3 is 25.0 Å². The minimum Gasteiger partial charge on any atom is -0.493 e. The molecular formula is C21H25F4IN4O2. The van der Waals surface area contributed by atoms with Crippen LogP contribution in [0.2, 0.25) is 0 Å². The summed E-state index contributed by atoms with van der Waals surface area (Å²) in [5.74, 6) is -0.526. The summed E-state index contributed by atoms with van der Waals surface area (Å²) in [5, 5.41) is 6.38. The first-order valence-electron chi connectivity index (χ1n) is 9.68. The minimum absolute atomic E-state index is 0. The van der Waals surface area contributed by atoms with Crippen LogP contribution in [0.3, 0.4) is 0 Å². The lowest BCUT2D eigenvalue weighted by Crippen LogP contribution is -2.44. The van der Waals surface area contributed by atoms with E-state index in [0.29, 0.717) is 36.8 Å². The number of halogens is 5. The zero-order chi connectivity index (χ0) is 22.4. The Kier molecular flexibility index (Phi) is 9.66. The molecule has 6 nitrogen and oxygen atoms in total. The fourth-order valence-electron chi connectivity index (χ4n) is 3.43. The van der Waals surface area contributed by atoms with Crippen molar-refractivity contribution in [2.24, 2.45) is 4.99 Å². The molecule has 0 radical (unpaired) electrons. The molecule has 2 aromatic rings. The van der Waals surface area contributed by atoms with Crippen molar-refractivity contribution in [3.8, 4) is 11.5 Å². The number of nitrogens with one attached hydrogen (secondary N) is 2. The highest BCUT2D eigenvalue weighted by atomic mass is 127. The quantitative estimate of drug-likeness (QED) is 0.228. The van der Waals surface area contributed by atoms with Crippen LogP contribution in [0.15, 0.2) is 41.4 Å². The number of nitrogens with zero attached hydrogens (tertiary/aromatic N) is 2. The standard InChI is InChI=1S/C21H24F4N4O2.HI/c1-26-21(27-11-13-3-6-18(30-2)19(9-13)31-20(24)25)28-15-7-8-29(12-15)17-5-4-14(22)10-16(17)23;/h3-6,9-10,15,20H,7-8,11-12H2,1-2H3,(H2,26,27,28);1H. The lowest BCUT2D eigenvalue weighted by Gasteiger charge is -2.21. The Balaban J connectivity index is 0.00000363. The molecule has 1 saturated heterocycles. The maximum Gasteiger partial charge on any atom is 0.387 e. The molecule has 1 fully saturated rings. The molecule has 0 aromatic heterocycles. The van der Waals surface area contributed by atoms with Crippen molar-refractivity contribution in [3.05, 3.63) is 53.6 Å². The summed E-state index contributed by atoms with van der Waals surface area (Å²) >= 11 is 0. The van der Waals surface area contributed by atoms with E-state index in [1.54, 1.807) is 19.2 Å². The van der Waals surface area contributed by atoms with Crippen LogP contribution in [0, 0.1) is 11.6 Å². The van der Waals surface area contributed by atoms with Gasteiger partial charge >= 0.3 is 6.61 Å². The van der Waals surface area contributed by atoms with Crippen LogP contribution in [-0.4, -0.2) is 45.9 Å². The fraction of sp³-hybridized carbons (Fsp3) is 0.381. The average molecular weight is 568 g/mol. The molecule has 176 valence electrons. The molecule has 2 N–H and O–H groups in total. The zero-order valence-corrected chi connectivity index (χ0v) is 19.9. The summed E-state index contributed by atoms with van der Waals surface area (Å²) in [4.78, 5) is 6.02. The van der Waals surface area contributed by atoms with Gasteiger partial charge in [-0.15, -0.1) is 24.0 Å². The summed E-state index contributed by atoms with van der Waals surface area (Å²) in [6.07, 6.45) is 0.742. The third kappa shape index (κ3) is 6.78. The normalized spacial score (nSPS) is 16.0. The number of alkyl halides is 2. The van der Waals surface area contributed by atoms with Crippen LogP contribution < -0.4 is 25.0 Å². The van der Waals surface area contributed by atoms with Crippen molar-refractivity contribution in [1.29, 1.82) is 0 Å². The van der Waals surface area contributed by atoms with E-state index >= 15 is 0 Å². The van der Waals surface area contributed by atoms with Gasteiger partial charge in [-0.1, -0.05) is 6.07 Å². The number of benzene rings is 2. The van der Waals surface area contributed by atoms with E-state index in [0.717, 1.165) is 12.5 Å². The first-order valence-corrected chi connectivity index (χ1v) is 9.68. The predicted octanol–water partition coefficient (Wildman–Crippen LogP) is 4.14. The first kappa shape index (κ1) is 25.8. The summed E-state index contributed by atoms with van der Waals surface area (Å²) in [6, 6.07) is 8.30. The van der Waals surface area contributed by atoms with Crippen LogP contribution in [0.25, 0.3) is 0 Å². The molecule has 1 atom stereocenters. The Labute approximate surface area is 201 Å². The van der Waals surface area contributed by atoms with Gasteiger partial charge in [0, 0.05) is 38.8 Å². The largest absolute Gasteiger partial charge is 0.493 e. The van der Waals surface area contributed by atoms with Crippen molar-refractivity contribution in [3.63, 3.8) is 0 Å². The number of methoxy groups -OCH3 is 1. The third-order valence-corrected chi connectivity index (χ3v) is 4.91. The fourth-order valence-corrected chi connectivity index (χ4v) is 3.43. The van der Waals surface area contributed by atoms with Crippen molar-refractivity contribution >= 4 is 35.6 Å².